The third-order valence-corrected chi connectivity index (χ3v) is 16.2. The number of piperazine rings is 2. The molecule has 12 rings (SSSR count). The van der Waals surface area contributed by atoms with Gasteiger partial charge in [0.25, 0.3) is 0 Å². The van der Waals surface area contributed by atoms with Crippen molar-refractivity contribution < 1.29 is 46.1 Å². The molecular formula is C56H57Cl3F4N16O6. The molecule has 8 aromatic rings. The van der Waals surface area contributed by atoms with E-state index in [0.29, 0.717) is 128 Å². The van der Waals surface area contributed by atoms with Crippen molar-refractivity contribution in [2.24, 2.45) is 5.92 Å². The number of benzene rings is 2. The SMILES string of the molecule is C=CC(=O)N1CCN(c2nc(OC[C@]3(F)CCCN(C)C3)nc3c(Oc4c(Cl)c(F)cc5[nH]ncc45)nc(Cl)cc23)CC1.C=CC(=O)N1CCN(c2nc(O[C@@H]3CN(C)C[C@H]3C(C)F)nc3c(Oc4c(Cl)c(F)cc5[nH]ncc45)nccc23)CC1. The smallest absolute Gasteiger partial charge is 0.319 e. The van der Waals surface area contributed by atoms with Gasteiger partial charge in [-0.2, -0.15) is 35.1 Å². The van der Waals surface area contributed by atoms with Gasteiger partial charge in [0.15, 0.2) is 17.2 Å². The molecule has 0 radical (unpaired) electrons. The molecule has 0 saturated carbocycles. The van der Waals surface area contributed by atoms with Crippen LogP contribution in [0.1, 0.15) is 19.8 Å². The number of nitrogens with zero attached hydrogens (tertiary/aromatic N) is 14. The van der Waals surface area contributed by atoms with E-state index in [2.05, 4.69) is 58.5 Å². The minimum Gasteiger partial charge on any atom is -0.460 e. The number of alkyl halides is 2. The molecule has 0 aliphatic carbocycles. The van der Waals surface area contributed by atoms with Gasteiger partial charge in [0.05, 0.1) is 45.0 Å². The number of carbonyl (C=O) groups excluding carboxylic acids is 2. The summed E-state index contributed by atoms with van der Waals surface area (Å²) in [4.78, 5) is 63.0. The second-order valence-corrected chi connectivity index (χ2v) is 22.4. The van der Waals surface area contributed by atoms with Crippen LogP contribution in [0.2, 0.25) is 15.2 Å². The number of piperidine rings is 1. The van der Waals surface area contributed by atoms with Gasteiger partial charge in [0.1, 0.15) is 68.4 Å². The minimum absolute atomic E-state index is 0.0309. The number of halogens is 7. The van der Waals surface area contributed by atoms with E-state index in [4.69, 9.17) is 58.7 Å². The van der Waals surface area contributed by atoms with E-state index in [1.165, 1.54) is 49.8 Å². The van der Waals surface area contributed by atoms with Crippen molar-refractivity contribution in [1.82, 2.24) is 69.9 Å². The molecule has 4 aliphatic rings. The number of hydrogen-bond acceptors (Lipinski definition) is 18. The number of rotatable bonds is 14. The number of ether oxygens (including phenoxy) is 4. The van der Waals surface area contributed by atoms with Crippen molar-refractivity contribution in [1.29, 1.82) is 0 Å². The number of nitrogens with one attached hydrogen (secondary N) is 2. The lowest BCUT2D eigenvalue weighted by Gasteiger charge is -2.36. The molecule has 85 heavy (non-hydrogen) atoms. The first kappa shape index (κ1) is 58.8. The molecule has 6 aromatic heterocycles. The molecule has 446 valence electrons. The summed E-state index contributed by atoms with van der Waals surface area (Å²) < 4.78 is 83.9. The third-order valence-electron chi connectivity index (χ3n) is 15.4. The molecule has 4 aliphatic heterocycles. The number of aromatic amines is 2. The number of amides is 2. The number of anilines is 2. The van der Waals surface area contributed by atoms with E-state index < -0.39 is 29.6 Å². The molecule has 2 amide bonds. The number of likely N-dealkylation sites (tertiary alicyclic amines) is 2. The van der Waals surface area contributed by atoms with Crippen LogP contribution in [-0.2, 0) is 9.59 Å². The Hall–Kier alpha value is -7.91. The molecule has 2 aromatic carbocycles. The van der Waals surface area contributed by atoms with Gasteiger partial charge in [-0.25, -0.2) is 22.5 Å². The summed E-state index contributed by atoms with van der Waals surface area (Å²) in [7, 11) is 3.77. The van der Waals surface area contributed by atoms with Crippen LogP contribution >= 0.6 is 34.8 Å². The first-order valence-electron chi connectivity index (χ1n) is 27.2. The lowest BCUT2D eigenvalue weighted by atomic mass is 9.96. The third kappa shape index (κ3) is 12.3. The van der Waals surface area contributed by atoms with Crippen molar-refractivity contribution in [2.45, 2.75) is 37.7 Å². The Labute approximate surface area is 498 Å². The Bertz CT molecular complexity index is 3870. The zero-order valence-electron chi connectivity index (χ0n) is 46.3. The van der Waals surface area contributed by atoms with Crippen LogP contribution in [0.4, 0.5) is 29.2 Å². The van der Waals surface area contributed by atoms with Crippen LogP contribution < -0.4 is 28.7 Å². The first-order chi connectivity index (χ1) is 40.9. The molecule has 29 heteroatoms. The molecule has 1 unspecified atom stereocenters. The Balaban J connectivity index is 0.000000177. The van der Waals surface area contributed by atoms with Gasteiger partial charge in [0.2, 0.25) is 23.6 Å². The number of pyridine rings is 2. The predicted molar refractivity (Wildman–Crippen MR) is 312 cm³/mol. The Morgan fingerprint density at radius 2 is 1.28 bits per heavy atom. The van der Waals surface area contributed by atoms with Gasteiger partial charge in [-0.05, 0) is 64.7 Å². The van der Waals surface area contributed by atoms with Gasteiger partial charge in [-0.3, -0.25) is 19.8 Å². The van der Waals surface area contributed by atoms with E-state index in [1.807, 2.05) is 33.7 Å². The number of H-pyrrole nitrogens is 2. The van der Waals surface area contributed by atoms with E-state index in [0.717, 1.165) is 6.54 Å². The molecule has 22 nitrogen and oxygen atoms in total. The van der Waals surface area contributed by atoms with Crippen LogP contribution in [0, 0.1) is 17.6 Å². The second-order valence-electron chi connectivity index (χ2n) is 21.2. The van der Waals surface area contributed by atoms with E-state index >= 15 is 4.39 Å². The standard InChI is InChI=1S/C28H28Cl2F2N8O3.C28H29ClF2N8O3/c1-3-21(41)39-7-9-40(10-8-39)25-16-11-20(29)34-26(43-24-17-13-33-37-19(17)12-18(31)22(24)30)23(16)35-27(36-25)42-15-28(32)5-4-6-38(2)14-28;1-4-22(40)38-7-9-39(10-8-38)26-16-5-6-32-27(42-25-17-12-33-36-20(17)11-19(31)23(25)29)24(16)34-28(35-26)41-21-14-37(3)13-18(21)15(2)30/h3,11-13H,1,4-10,14-15H2,2H3,(H,33,37);4-6,11-12,15,18,21H,1,7-10,13-14H2,2-3H3,(H,33,36)/t28-;15?,18-,21+/m00/s1. The quantitative estimate of drug-likeness (QED) is 0.0589. The predicted octanol–water partition coefficient (Wildman–Crippen LogP) is 8.77. The van der Waals surface area contributed by atoms with Gasteiger partial charge in [0, 0.05) is 96.2 Å². The molecule has 10 heterocycles. The highest BCUT2D eigenvalue weighted by atomic mass is 35.5. The summed E-state index contributed by atoms with van der Waals surface area (Å²) in [5, 5.41) is 14.8. The Kier molecular flexibility index (Phi) is 17.0. The summed E-state index contributed by atoms with van der Waals surface area (Å²) in [5.74, 6) is -1.14. The Morgan fingerprint density at radius 3 is 1.86 bits per heavy atom. The number of hydrogen-bond donors (Lipinski definition) is 2. The van der Waals surface area contributed by atoms with Crippen LogP contribution in [0.3, 0.4) is 0 Å². The van der Waals surface area contributed by atoms with Gasteiger partial charge in [-0.15, -0.1) is 0 Å². The molecule has 0 spiro atoms. The Morgan fingerprint density at radius 1 is 0.729 bits per heavy atom. The summed E-state index contributed by atoms with van der Waals surface area (Å²) in [5.41, 5.74) is -0.327. The van der Waals surface area contributed by atoms with E-state index in [1.54, 1.807) is 21.9 Å². The van der Waals surface area contributed by atoms with Crippen molar-refractivity contribution in [3.05, 3.63) is 95.0 Å². The average molecular weight is 1230 g/mol. The largest absolute Gasteiger partial charge is 0.460 e. The van der Waals surface area contributed by atoms with Gasteiger partial charge >= 0.3 is 12.0 Å². The average Bonchev–Trinajstić information content (AvgIpc) is 3.90. The number of likely N-dealkylation sites (N-methyl/N-ethyl adjacent to an activating group) is 1. The highest BCUT2D eigenvalue weighted by molar-refractivity contribution is 6.34. The van der Waals surface area contributed by atoms with E-state index in [9.17, 15) is 22.8 Å². The summed E-state index contributed by atoms with van der Waals surface area (Å²) in [6.07, 6.45) is 6.52. The van der Waals surface area contributed by atoms with Crippen molar-refractivity contribution >= 4 is 102 Å². The zero-order valence-corrected chi connectivity index (χ0v) is 48.6. The van der Waals surface area contributed by atoms with Crippen LogP contribution in [0.5, 0.6) is 35.3 Å². The maximum Gasteiger partial charge on any atom is 0.319 e. The molecule has 4 fully saturated rings. The molecular weight excluding hydrogens is 1180 g/mol. The monoisotopic (exact) mass is 1230 g/mol. The number of carbonyl (C=O) groups is 2. The van der Waals surface area contributed by atoms with Crippen LogP contribution in [-0.4, -0.2) is 199 Å². The lowest BCUT2D eigenvalue weighted by Crippen LogP contribution is -2.48. The molecule has 4 atom stereocenters. The second kappa shape index (κ2) is 24.6. The fraction of sp³-hybridized carbons (Fsp3) is 0.393. The number of aromatic nitrogens is 10. The van der Waals surface area contributed by atoms with E-state index in [-0.39, 0.29) is 86.9 Å². The van der Waals surface area contributed by atoms with Crippen LogP contribution in [0.15, 0.2) is 68.2 Å². The summed E-state index contributed by atoms with van der Waals surface area (Å²) in [6.45, 7) is 14.1. The van der Waals surface area contributed by atoms with Gasteiger partial charge < -0.3 is 48.3 Å². The maximum atomic E-state index is 15.7. The topological polar surface area (TPSA) is 225 Å². The normalized spacial score (nSPS) is 20.0. The summed E-state index contributed by atoms with van der Waals surface area (Å²) in [6, 6.07) is 5.71. The minimum atomic E-state index is -1.58. The van der Waals surface area contributed by atoms with Crippen LogP contribution in [0.25, 0.3) is 43.6 Å². The van der Waals surface area contributed by atoms with Crippen molar-refractivity contribution in [3.8, 4) is 35.3 Å². The highest BCUT2D eigenvalue weighted by Crippen LogP contribution is 2.43. The molecule has 4 saturated heterocycles. The summed E-state index contributed by atoms with van der Waals surface area (Å²) >= 11 is 19.1. The number of fused-ring (bicyclic) bond motifs is 4. The maximum absolute atomic E-state index is 15.7. The first-order valence-corrected chi connectivity index (χ1v) is 28.4. The molecule has 0 bridgehead atoms. The fourth-order valence-corrected chi connectivity index (χ4v) is 11.6. The molecule has 2 N–H and O–H groups in total. The van der Waals surface area contributed by atoms with Gasteiger partial charge in [-0.1, -0.05) is 48.0 Å². The zero-order chi connectivity index (χ0) is 59.8. The van der Waals surface area contributed by atoms with Crippen molar-refractivity contribution in [2.75, 3.05) is 109 Å². The van der Waals surface area contributed by atoms with Crippen molar-refractivity contribution in [3.63, 3.8) is 0 Å². The fourth-order valence-electron chi connectivity index (χ4n) is 11.0. The lowest BCUT2D eigenvalue weighted by molar-refractivity contribution is -0.127. The highest BCUT2D eigenvalue weighted by Gasteiger charge is 2.39.